The first kappa shape index (κ1) is 12.6. The normalized spacial score (nSPS) is 10.4. The minimum atomic E-state index is -0.0434. The molecule has 0 N–H and O–H groups in total. The largest absolute Gasteiger partial charge is 0.300 e. The second-order valence-corrected chi connectivity index (χ2v) is 4.55. The van der Waals surface area contributed by atoms with Crippen molar-refractivity contribution >= 4 is 23.3 Å². The highest BCUT2D eigenvalue weighted by Gasteiger charge is 2.14. The van der Waals surface area contributed by atoms with E-state index in [9.17, 15) is 4.79 Å². The summed E-state index contributed by atoms with van der Waals surface area (Å²) < 4.78 is 1.71. The lowest BCUT2D eigenvalue weighted by molar-refractivity contribution is -0.116. The Morgan fingerprint density at radius 2 is 2.11 bits per heavy atom. The second kappa shape index (κ2) is 4.82. The maximum atomic E-state index is 11.5. The van der Waals surface area contributed by atoms with Crippen LogP contribution in [0.3, 0.4) is 0 Å². The molecule has 18 heavy (non-hydrogen) atoms. The van der Waals surface area contributed by atoms with E-state index in [2.05, 4.69) is 5.10 Å². The number of nitrogens with zero attached hydrogens (tertiary/aromatic N) is 3. The zero-order valence-electron chi connectivity index (χ0n) is 10.5. The van der Waals surface area contributed by atoms with Gasteiger partial charge in [0.1, 0.15) is 5.82 Å². The number of hydrogen-bond donors (Lipinski definition) is 0. The van der Waals surface area contributed by atoms with Crippen LogP contribution in [0.4, 0.5) is 5.82 Å². The van der Waals surface area contributed by atoms with E-state index in [0.717, 1.165) is 17.2 Å². The summed E-state index contributed by atoms with van der Waals surface area (Å²) in [4.78, 5) is 13.0. The van der Waals surface area contributed by atoms with Crippen LogP contribution >= 0.6 is 11.6 Å². The molecule has 0 aliphatic heterocycles. The average molecular weight is 264 g/mol. The van der Waals surface area contributed by atoms with Gasteiger partial charge in [0.2, 0.25) is 5.91 Å². The van der Waals surface area contributed by atoms with Gasteiger partial charge in [-0.15, -0.1) is 0 Å². The van der Waals surface area contributed by atoms with E-state index in [1.807, 2.05) is 31.2 Å². The third kappa shape index (κ3) is 2.38. The first-order chi connectivity index (χ1) is 8.49. The van der Waals surface area contributed by atoms with Gasteiger partial charge in [0, 0.05) is 25.1 Å². The number of benzene rings is 1. The Kier molecular flexibility index (Phi) is 3.39. The van der Waals surface area contributed by atoms with Crippen LogP contribution < -0.4 is 4.90 Å². The van der Waals surface area contributed by atoms with Gasteiger partial charge in [0.25, 0.3) is 0 Å². The summed E-state index contributed by atoms with van der Waals surface area (Å²) >= 11 is 5.97. The maximum Gasteiger partial charge on any atom is 0.224 e. The number of amides is 1. The molecule has 0 bridgehead atoms. The third-order valence-corrected chi connectivity index (χ3v) is 2.92. The van der Waals surface area contributed by atoms with Gasteiger partial charge < -0.3 is 4.90 Å². The minimum Gasteiger partial charge on any atom is -0.300 e. The lowest BCUT2D eigenvalue weighted by Gasteiger charge is -2.16. The van der Waals surface area contributed by atoms with Crippen molar-refractivity contribution in [1.82, 2.24) is 9.78 Å². The predicted octanol–water partition coefficient (Wildman–Crippen LogP) is 2.82. The summed E-state index contributed by atoms with van der Waals surface area (Å²) in [6.45, 7) is 3.41. The molecule has 1 aromatic heterocycles. The molecule has 0 spiro atoms. The van der Waals surface area contributed by atoms with E-state index < -0.39 is 0 Å². The first-order valence-electron chi connectivity index (χ1n) is 5.56. The monoisotopic (exact) mass is 263 g/mol. The lowest BCUT2D eigenvalue weighted by atomic mass is 10.3. The van der Waals surface area contributed by atoms with Gasteiger partial charge in [0.15, 0.2) is 0 Å². The number of carbonyl (C=O) groups is 1. The number of rotatable bonds is 2. The maximum absolute atomic E-state index is 11.5. The van der Waals surface area contributed by atoms with Crippen LogP contribution in [0.25, 0.3) is 5.69 Å². The van der Waals surface area contributed by atoms with Gasteiger partial charge in [-0.2, -0.15) is 5.10 Å². The predicted molar refractivity (Wildman–Crippen MR) is 72.4 cm³/mol. The summed E-state index contributed by atoms with van der Waals surface area (Å²) in [6, 6.07) is 9.23. The molecule has 4 nitrogen and oxygen atoms in total. The SMILES string of the molecule is CC(=O)N(C)c1cc(C)nn1-c1cccc(Cl)c1. The Labute approximate surface area is 111 Å². The Morgan fingerprint density at radius 3 is 2.72 bits per heavy atom. The molecule has 1 amide bonds. The van der Waals surface area contributed by atoms with Crippen LogP contribution in [0.5, 0.6) is 0 Å². The smallest absolute Gasteiger partial charge is 0.224 e. The lowest BCUT2D eigenvalue weighted by Crippen LogP contribution is -2.25. The molecular weight excluding hydrogens is 250 g/mol. The average Bonchev–Trinajstić information content (AvgIpc) is 2.70. The summed E-state index contributed by atoms with van der Waals surface area (Å²) in [5.74, 6) is 0.681. The fourth-order valence-electron chi connectivity index (χ4n) is 1.68. The number of anilines is 1. The van der Waals surface area contributed by atoms with Gasteiger partial charge in [-0.25, -0.2) is 4.68 Å². The van der Waals surface area contributed by atoms with E-state index in [-0.39, 0.29) is 5.91 Å². The van der Waals surface area contributed by atoms with E-state index >= 15 is 0 Å². The molecule has 94 valence electrons. The Hall–Kier alpha value is -1.81. The van der Waals surface area contributed by atoms with Crippen molar-refractivity contribution in [3.63, 3.8) is 0 Å². The zero-order valence-corrected chi connectivity index (χ0v) is 11.3. The van der Waals surface area contributed by atoms with E-state index in [1.165, 1.54) is 6.92 Å². The fraction of sp³-hybridized carbons (Fsp3) is 0.231. The number of aryl methyl sites for hydroxylation is 1. The van der Waals surface area contributed by atoms with Gasteiger partial charge in [-0.1, -0.05) is 17.7 Å². The molecule has 0 saturated heterocycles. The highest BCUT2D eigenvalue weighted by Crippen LogP contribution is 2.22. The molecule has 0 aliphatic rings. The minimum absolute atomic E-state index is 0.0434. The van der Waals surface area contributed by atoms with E-state index in [4.69, 9.17) is 11.6 Å². The number of halogens is 1. The Bertz CT molecular complexity index is 592. The van der Waals surface area contributed by atoms with E-state index in [1.54, 1.807) is 22.7 Å². The summed E-state index contributed by atoms with van der Waals surface area (Å²) in [5, 5.41) is 5.03. The third-order valence-electron chi connectivity index (χ3n) is 2.68. The second-order valence-electron chi connectivity index (χ2n) is 4.11. The Morgan fingerprint density at radius 1 is 1.39 bits per heavy atom. The highest BCUT2D eigenvalue weighted by molar-refractivity contribution is 6.30. The first-order valence-corrected chi connectivity index (χ1v) is 5.94. The number of carbonyl (C=O) groups excluding carboxylic acids is 1. The standard InChI is InChI=1S/C13H14ClN3O/c1-9-7-13(16(3)10(2)18)17(15-9)12-6-4-5-11(14)8-12/h4-8H,1-3H3. The van der Waals surface area contributed by atoms with Crippen molar-refractivity contribution < 1.29 is 4.79 Å². The van der Waals surface area contributed by atoms with Crippen LogP contribution in [-0.4, -0.2) is 22.7 Å². The van der Waals surface area contributed by atoms with Gasteiger partial charge in [-0.05, 0) is 25.1 Å². The number of hydrogen-bond acceptors (Lipinski definition) is 2. The molecule has 2 rings (SSSR count). The molecule has 0 fully saturated rings. The summed E-state index contributed by atoms with van der Waals surface area (Å²) in [5.41, 5.74) is 1.68. The van der Waals surface area contributed by atoms with Crippen molar-refractivity contribution in [1.29, 1.82) is 0 Å². The molecular formula is C13H14ClN3O. The topological polar surface area (TPSA) is 38.1 Å². The molecule has 0 unspecified atom stereocenters. The number of aromatic nitrogens is 2. The van der Waals surface area contributed by atoms with Crippen LogP contribution in [-0.2, 0) is 4.79 Å². The van der Waals surface area contributed by atoms with Crippen molar-refractivity contribution in [3.8, 4) is 5.69 Å². The molecule has 0 aliphatic carbocycles. The molecule has 2 aromatic rings. The van der Waals surface area contributed by atoms with Gasteiger partial charge >= 0.3 is 0 Å². The van der Waals surface area contributed by atoms with Gasteiger partial charge in [0.05, 0.1) is 11.4 Å². The Balaban J connectivity index is 2.54. The van der Waals surface area contributed by atoms with Crippen LogP contribution in [0, 0.1) is 6.92 Å². The quantitative estimate of drug-likeness (QED) is 0.836. The zero-order chi connectivity index (χ0) is 13.3. The van der Waals surface area contributed by atoms with Crippen molar-refractivity contribution in [2.24, 2.45) is 0 Å². The van der Waals surface area contributed by atoms with Gasteiger partial charge in [-0.3, -0.25) is 4.79 Å². The summed E-state index contributed by atoms with van der Waals surface area (Å²) in [6.07, 6.45) is 0. The molecule has 0 atom stereocenters. The van der Waals surface area contributed by atoms with Crippen LogP contribution in [0.15, 0.2) is 30.3 Å². The summed E-state index contributed by atoms with van der Waals surface area (Å²) in [7, 11) is 1.72. The molecule has 1 aromatic carbocycles. The van der Waals surface area contributed by atoms with Crippen molar-refractivity contribution in [2.75, 3.05) is 11.9 Å². The van der Waals surface area contributed by atoms with Crippen LogP contribution in [0.2, 0.25) is 5.02 Å². The molecule has 0 radical (unpaired) electrons. The molecule has 0 saturated carbocycles. The van der Waals surface area contributed by atoms with Crippen LogP contribution in [0.1, 0.15) is 12.6 Å². The molecule has 5 heteroatoms. The van der Waals surface area contributed by atoms with Crippen molar-refractivity contribution in [2.45, 2.75) is 13.8 Å². The molecule has 1 heterocycles. The van der Waals surface area contributed by atoms with Crippen molar-refractivity contribution in [3.05, 3.63) is 41.0 Å². The highest BCUT2D eigenvalue weighted by atomic mass is 35.5. The fourth-order valence-corrected chi connectivity index (χ4v) is 1.87. The van der Waals surface area contributed by atoms with E-state index in [0.29, 0.717) is 5.02 Å².